The number of rotatable bonds is 8. The molecule has 1 aliphatic rings. The van der Waals surface area contributed by atoms with Crippen molar-refractivity contribution in [3.63, 3.8) is 0 Å². The van der Waals surface area contributed by atoms with Gasteiger partial charge in [-0.25, -0.2) is 0 Å². The molecule has 3 heterocycles. The molecule has 0 N–H and O–H groups in total. The predicted octanol–water partition coefficient (Wildman–Crippen LogP) is 3.90. The number of hydrogen-bond acceptors (Lipinski definition) is 5. The first-order chi connectivity index (χ1) is 15.6. The van der Waals surface area contributed by atoms with Crippen LogP contribution in [0.15, 0.2) is 47.0 Å². The minimum atomic E-state index is -0.0572. The van der Waals surface area contributed by atoms with Crippen LogP contribution in [0, 0.1) is 6.92 Å². The van der Waals surface area contributed by atoms with E-state index in [1.54, 1.807) is 6.07 Å². The Morgan fingerprint density at radius 2 is 1.81 bits per heavy atom. The SMILES string of the molecule is CCc1ccc(OCc2ccc(C(=O)N3CCN(Cc4cn(CC)nc4C)CC3)o2)cc1. The summed E-state index contributed by atoms with van der Waals surface area (Å²) >= 11 is 0. The van der Waals surface area contributed by atoms with Gasteiger partial charge in [-0.3, -0.25) is 14.4 Å². The minimum Gasteiger partial charge on any atom is -0.486 e. The lowest BCUT2D eigenvalue weighted by Gasteiger charge is -2.34. The van der Waals surface area contributed by atoms with Gasteiger partial charge in [0.15, 0.2) is 5.76 Å². The molecule has 170 valence electrons. The lowest BCUT2D eigenvalue weighted by Crippen LogP contribution is -2.48. The maximum atomic E-state index is 12.9. The third kappa shape index (κ3) is 5.22. The van der Waals surface area contributed by atoms with Gasteiger partial charge in [0.2, 0.25) is 0 Å². The summed E-state index contributed by atoms with van der Waals surface area (Å²) in [5, 5.41) is 4.52. The van der Waals surface area contributed by atoms with E-state index in [2.05, 4.69) is 49.1 Å². The molecule has 0 spiro atoms. The molecular weight excluding hydrogens is 404 g/mol. The molecule has 0 aliphatic carbocycles. The van der Waals surface area contributed by atoms with E-state index in [-0.39, 0.29) is 5.91 Å². The average Bonchev–Trinajstić information content (AvgIpc) is 3.44. The van der Waals surface area contributed by atoms with Gasteiger partial charge in [0.1, 0.15) is 18.1 Å². The Balaban J connectivity index is 1.27. The molecule has 2 aromatic heterocycles. The fourth-order valence-corrected chi connectivity index (χ4v) is 3.93. The summed E-state index contributed by atoms with van der Waals surface area (Å²) in [5.41, 5.74) is 3.61. The maximum Gasteiger partial charge on any atom is 0.289 e. The molecule has 0 saturated carbocycles. The number of carbonyl (C=O) groups is 1. The number of piperazine rings is 1. The van der Waals surface area contributed by atoms with Crippen LogP contribution < -0.4 is 4.74 Å². The number of hydrogen-bond donors (Lipinski definition) is 0. The number of amides is 1. The molecule has 1 amide bonds. The smallest absolute Gasteiger partial charge is 0.289 e. The number of ether oxygens (including phenoxy) is 1. The third-order valence-electron chi connectivity index (χ3n) is 6.01. The Morgan fingerprint density at radius 3 is 2.47 bits per heavy atom. The first-order valence-electron chi connectivity index (χ1n) is 11.4. The molecule has 7 nitrogen and oxygen atoms in total. The molecule has 3 aromatic rings. The molecule has 1 saturated heterocycles. The van der Waals surface area contributed by atoms with Crippen molar-refractivity contribution in [1.82, 2.24) is 19.6 Å². The summed E-state index contributed by atoms with van der Waals surface area (Å²) in [6, 6.07) is 11.6. The Labute approximate surface area is 189 Å². The molecule has 4 rings (SSSR count). The normalized spacial score (nSPS) is 14.7. The second-order valence-electron chi connectivity index (χ2n) is 8.22. The number of aromatic nitrogens is 2. The van der Waals surface area contributed by atoms with Crippen LogP contribution in [-0.4, -0.2) is 51.7 Å². The van der Waals surface area contributed by atoms with Crippen LogP contribution in [0.2, 0.25) is 0 Å². The molecule has 32 heavy (non-hydrogen) atoms. The van der Waals surface area contributed by atoms with Crippen LogP contribution in [0.25, 0.3) is 0 Å². The van der Waals surface area contributed by atoms with Gasteiger partial charge in [-0.1, -0.05) is 19.1 Å². The van der Waals surface area contributed by atoms with E-state index in [9.17, 15) is 4.79 Å². The maximum absolute atomic E-state index is 12.9. The highest BCUT2D eigenvalue weighted by molar-refractivity contribution is 5.91. The summed E-state index contributed by atoms with van der Waals surface area (Å²) in [5.74, 6) is 1.76. The van der Waals surface area contributed by atoms with E-state index in [0.29, 0.717) is 31.2 Å². The van der Waals surface area contributed by atoms with Gasteiger partial charge in [0.05, 0.1) is 5.69 Å². The van der Waals surface area contributed by atoms with Gasteiger partial charge >= 0.3 is 0 Å². The summed E-state index contributed by atoms with van der Waals surface area (Å²) in [4.78, 5) is 17.1. The highest BCUT2D eigenvalue weighted by atomic mass is 16.5. The quantitative estimate of drug-likeness (QED) is 0.536. The lowest BCUT2D eigenvalue weighted by atomic mass is 10.2. The number of furan rings is 1. The molecule has 7 heteroatoms. The van der Waals surface area contributed by atoms with E-state index >= 15 is 0 Å². The summed E-state index contributed by atoms with van der Waals surface area (Å²) in [7, 11) is 0. The second-order valence-corrected chi connectivity index (χ2v) is 8.22. The fourth-order valence-electron chi connectivity index (χ4n) is 3.93. The minimum absolute atomic E-state index is 0.0572. The van der Waals surface area contributed by atoms with Crippen molar-refractivity contribution >= 4 is 5.91 Å². The molecule has 0 unspecified atom stereocenters. The van der Waals surface area contributed by atoms with Crippen molar-refractivity contribution in [3.8, 4) is 5.75 Å². The molecule has 0 radical (unpaired) electrons. The topological polar surface area (TPSA) is 63.7 Å². The third-order valence-corrected chi connectivity index (χ3v) is 6.01. The van der Waals surface area contributed by atoms with Crippen LogP contribution in [0.3, 0.4) is 0 Å². The standard InChI is InChI=1S/C25H32N4O3/c1-4-20-6-8-22(9-7-20)31-18-23-10-11-24(32-23)25(30)28-14-12-27(13-15-28)16-21-17-29(5-2)26-19(21)3/h6-11,17H,4-5,12-16,18H2,1-3H3. The molecule has 1 aliphatic heterocycles. The number of nitrogens with zero attached hydrogens (tertiary/aromatic N) is 4. The van der Waals surface area contributed by atoms with E-state index < -0.39 is 0 Å². The van der Waals surface area contributed by atoms with Gasteiger partial charge in [0, 0.05) is 51.0 Å². The van der Waals surface area contributed by atoms with Crippen molar-refractivity contribution in [1.29, 1.82) is 0 Å². The highest BCUT2D eigenvalue weighted by Gasteiger charge is 2.25. The van der Waals surface area contributed by atoms with Crippen LogP contribution >= 0.6 is 0 Å². The molecule has 0 bridgehead atoms. The number of aryl methyl sites for hydroxylation is 3. The Morgan fingerprint density at radius 1 is 1.06 bits per heavy atom. The van der Waals surface area contributed by atoms with Crippen LogP contribution in [0.4, 0.5) is 0 Å². The van der Waals surface area contributed by atoms with Crippen molar-refractivity contribution in [2.24, 2.45) is 0 Å². The van der Waals surface area contributed by atoms with Gasteiger partial charge in [-0.2, -0.15) is 5.10 Å². The Bertz CT molecular complexity index is 1030. The molecule has 1 aromatic carbocycles. The second kappa shape index (κ2) is 10.0. The predicted molar refractivity (Wildman–Crippen MR) is 123 cm³/mol. The molecule has 0 atom stereocenters. The zero-order valence-electron chi connectivity index (χ0n) is 19.2. The van der Waals surface area contributed by atoms with E-state index in [1.165, 1.54) is 11.1 Å². The zero-order chi connectivity index (χ0) is 22.5. The summed E-state index contributed by atoms with van der Waals surface area (Å²) in [6.07, 6.45) is 3.12. The first-order valence-corrected chi connectivity index (χ1v) is 11.4. The van der Waals surface area contributed by atoms with Gasteiger partial charge in [0.25, 0.3) is 5.91 Å². The van der Waals surface area contributed by atoms with E-state index in [4.69, 9.17) is 9.15 Å². The van der Waals surface area contributed by atoms with Crippen molar-refractivity contribution in [3.05, 3.63) is 70.9 Å². The van der Waals surface area contributed by atoms with E-state index in [0.717, 1.165) is 44.0 Å². The van der Waals surface area contributed by atoms with Crippen molar-refractivity contribution < 1.29 is 13.9 Å². The van der Waals surface area contributed by atoms with Crippen molar-refractivity contribution in [2.75, 3.05) is 26.2 Å². The zero-order valence-corrected chi connectivity index (χ0v) is 19.2. The average molecular weight is 437 g/mol. The number of benzene rings is 1. The van der Waals surface area contributed by atoms with E-state index in [1.807, 2.05) is 27.8 Å². The summed E-state index contributed by atoms with van der Waals surface area (Å²) in [6.45, 7) is 11.4. The number of carbonyl (C=O) groups excluding carboxylic acids is 1. The van der Waals surface area contributed by atoms with Crippen LogP contribution in [0.1, 0.15) is 47.0 Å². The Hall–Kier alpha value is -3.06. The van der Waals surface area contributed by atoms with Gasteiger partial charge < -0.3 is 14.1 Å². The monoisotopic (exact) mass is 436 g/mol. The summed E-state index contributed by atoms with van der Waals surface area (Å²) < 4.78 is 13.5. The largest absolute Gasteiger partial charge is 0.486 e. The van der Waals surface area contributed by atoms with Crippen LogP contribution in [-0.2, 0) is 26.1 Å². The molecular formula is C25H32N4O3. The van der Waals surface area contributed by atoms with Crippen molar-refractivity contribution in [2.45, 2.75) is 46.9 Å². The van der Waals surface area contributed by atoms with Crippen LogP contribution in [0.5, 0.6) is 5.75 Å². The molecule has 1 fully saturated rings. The fraction of sp³-hybridized carbons (Fsp3) is 0.440. The Kier molecular flexibility index (Phi) is 6.95. The first kappa shape index (κ1) is 22.1. The highest BCUT2D eigenvalue weighted by Crippen LogP contribution is 2.18. The van der Waals surface area contributed by atoms with Gasteiger partial charge in [-0.05, 0) is 50.1 Å². The lowest BCUT2D eigenvalue weighted by molar-refractivity contribution is 0.0594. The van der Waals surface area contributed by atoms with Gasteiger partial charge in [-0.15, -0.1) is 0 Å².